The number of hydrogen-bond donors (Lipinski definition) is 1. The Balaban J connectivity index is 1.84. The number of carboxylic acid groups (broad SMARTS) is 1. The van der Waals surface area contributed by atoms with Gasteiger partial charge >= 0.3 is 5.97 Å². The normalized spacial score (nSPS) is 16.1. The second-order valence-electron chi connectivity index (χ2n) is 5.84. The predicted octanol–water partition coefficient (Wildman–Crippen LogP) is 3.47. The van der Waals surface area contributed by atoms with Crippen LogP contribution in [0.1, 0.15) is 58.8 Å². The molecule has 1 rings (SSSR count). The number of carbonyl (C=O) groups is 1. The van der Waals surface area contributed by atoms with E-state index in [1.165, 1.54) is 25.7 Å². The summed E-state index contributed by atoms with van der Waals surface area (Å²) in [6, 6.07) is 0. The molecule has 0 spiro atoms. The van der Waals surface area contributed by atoms with Crippen molar-refractivity contribution < 1.29 is 14.6 Å². The minimum absolute atomic E-state index is 0.616. The van der Waals surface area contributed by atoms with E-state index in [0.717, 1.165) is 25.4 Å². The highest BCUT2D eigenvalue weighted by Crippen LogP contribution is 2.33. The quantitative estimate of drug-likeness (QED) is 0.597. The molecule has 0 aliphatic heterocycles. The van der Waals surface area contributed by atoms with Gasteiger partial charge in [-0.25, -0.2) is 0 Å². The van der Waals surface area contributed by atoms with E-state index in [4.69, 9.17) is 9.84 Å². The van der Waals surface area contributed by atoms with E-state index >= 15 is 0 Å². The highest BCUT2D eigenvalue weighted by molar-refractivity contribution is 5.73. The number of ether oxygens (including phenoxy) is 1. The van der Waals surface area contributed by atoms with Gasteiger partial charge in [0.2, 0.25) is 0 Å². The standard InChI is InChI=1S/C14H26O3/c1-14(2,13(15)16)9-5-11-17-10-4-3-6-12-7-8-12/h12H,3-11H2,1-2H3,(H,15,16). The van der Waals surface area contributed by atoms with Crippen LogP contribution in [0.3, 0.4) is 0 Å². The second-order valence-corrected chi connectivity index (χ2v) is 5.84. The van der Waals surface area contributed by atoms with Gasteiger partial charge in [-0.15, -0.1) is 0 Å². The molecular weight excluding hydrogens is 216 g/mol. The SMILES string of the molecule is CC(C)(CCCOCCCCC1CC1)C(=O)O. The Kier molecular flexibility index (Phi) is 5.96. The number of rotatable bonds is 10. The maximum Gasteiger partial charge on any atom is 0.309 e. The smallest absolute Gasteiger partial charge is 0.309 e. The molecule has 0 heterocycles. The first-order valence-corrected chi connectivity index (χ1v) is 6.83. The summed E-state index contributed by atoms with van der Waals surface area (Å²) in [5.74, 6) is 0.299. The van der Waals surface area contributed by atoms with Gasteiger partial charge in [0.15, 0.2) is 0 Å². The number of carboxylic acids is 1. The maximum absolute atomic E-state index is 10.9. The monoisotopic (exact) mass is 242 g/mol. The Hall–Kier alpha value is -0.570. The van der Waals surface area contributed by atoms with Crippen LogP contribution in [0.25, 0.3) is 0 Å². The van der Waals surface area contributed by atoms with Crippen LogP contribution < -0.4 is 0 Å². The summed E-state index contributed by atoms with van der Waals surface area (Å²) < 4.78 is 5.52. The Morgan fingerprint density at radius 2 is 1.88 bits per heavy atom. The molecule has 0 saturated heterocycles. The van der Waals surface area contributed by atoms with Crippen molar-refractivity contribution in [1.29, 1.82) is 0 Å². The van der Waals surface area contributed by atoms with Gasteiger partial charge in [0.05, 0.1) is 5.41 Å². The molecule has 17 heavy (non-hydrogen) atoms. The van der Waals surface area contributed by atoms with Crippen LogP contribution in [0.4, 0.5) is 0 Å². The summed E-state index contributed by atoms with van der Waals surface area (Å²) in [4.78, 5) is 10.9. The van der Waals surface area contributed by atoms with Crippen molar-refractivity contribution in [1.82, 2.24) is 0 Å². The van der Waals surface area contributed by atoms with E-state index in [-0.39, 0.29) is 0 Å². The van der Waals surface area contributed by atoms with Crippen LogP contribution in [0.2, 0.25) is 0 Å². The maximum atomic E-state index is 10.9. The zero-order valence-electron chi connectivity index (χ0n) is 11.2. The van der Waals surface area contributed by atoms with Crippen molar-refractivity contribution in [2.45, 2.75) is 58.8 Å². The molecule has 3 nitrogen and oxygen atoms in total. The number of unbranched alkanes of at least 4 members (excludes halogenated alkanes) is 1. The van der Waals surface area contributed by atoms with Gasteiger partial charge in [0, 0.05) is 13.2 Å². The molecule has 1 N–H and O–H groups in total. The molecule has 0 unspecified atom stereocenters. The van der Waals surface area contributed by atoms with E-state index in [1.54, 1.807) is 13.8 Å². The van der Waals surface area contributed by atoms with Crippen LogP contribution in [-0.2, 0) is 9.53 Å². The summed E-state index contributed by atoms with van der Waals surface area (Å²) in [5.41, 5.74) is -0.616. The van der Waals surface area contributed by atoms with Gasteiger partial charge in [-0.3, -0.25) is 4.79 Å². The lowest BCUT2D eigenvalue weighted by Gasteiger charge is -2.18. The third-order valence-electron chi connectivity index (χ3n) is 3.52. The molecule has 0 bridgehead atoms. The van der Waals surface area contributed by atoms with Crippen LogP contribution in [0.15, 0.2) is 0 Å². The fraction of sp³-hybridized carbons (Fsp3) is 0.929. The number of hydrogen-bond acceptors (Lipinski definition) is 2. The van der Waals surface area contributed by atoms with Gasteiger partial charge in [0.1, 0.15) is 0 Å². The van der Waals surface area contributed by atoms with E-state index in [1.807, 2.05) is 0 Å². The average Bonchev–Trinajstić information content (AvgIpc) is 3.05. The van der Waals surface area contributed by atoms with Gasteiger partial charge < -0.3 is 9.84 Å². The molecule has 0 radical (unpaired) electrons. The second kappa shape index (κ2) is 7.00. The molecule has 1 aliphatic carbocycles. The van der Waals surface area contributed by atoms with Crippen molar-refractivity contribution in [3.8, 4) is 0 Å². The first-order chi connectivity index (χ1) is 8.02. The Bertz CT molecular complexity index is 232. The molecule has 0 atom stereocenters. The van der Waals surface area contributed by atoms with E-state index in [0.29, 0.717) is 13.0 Å². The molecule has 0 aromatic rings. The summed E-state index contributed by atoms with van der Waals surface area (Å²) >= 11 is 0. The average molecular weight is 242 g/mol. The van der Waals surface area contributed by atoms with Crippen molar-refractivity contribution in [2.24, 2.45) is 11.3 Å². The molecule has 0 amide bonds. The summed E-state index contributed by atoms with van der Waals surface area (Å²) in [6.07, 6.45) is 8.20. The number of aliphatic carboxylic acids is 1. The fourth-order valence-electron chi connectivity index (χ4n) is 1.87. The molecule has 1 fully saturated rings. The Morgan fingerprint density at radius 1 is 1.24 bits per heavy atom. The molecule has 3 heteroatoms. The van der Waals surface area contributed by atoms with Gasteiger partial charge in [0.25, 0.3) is 0 Å². The minimum Gasteiger partial charge on any atom is -0.481 e. The Morgan fingerprint density at radius 3 is 2.47 bits per heavy atom. The third kappa shape index (κ3) is 6.67. The van der Waals surface area contributed by atoms with Crippen LogP contribution in [0, 0.1) is 11.3 Å². The van der Waals surface area contributed by atoms with Gasteiger partial charge in [-0.05, 0) is 39.0 Å². The molecule has 0 aromatic carbocycles. The first-order valence-electron chi connectivity index (χ1n) is 6.83. The topological polar surface area (TPSA) is 46.5 Å². The lowest BCUT2D eigenvalue weighted by atomic mass is 9.88. The van der Waals surface area contributed by atoms with Crippen LogP contribution in [-0.4, -0.2) is 24.3 Å². The molecule has 1 aliphatic rings. The first kappa shape index (κ1) is 14.5. The fourth-order valence-corrected chi connectivity index (χ4v) is 1.87. The molecular formula is C14H26O3. The summed E-state index contributed by atoms with van der Waals surface area (Å²) in [6.45, 7) is 5.07. The molecule has 0 aromatic heterocycles. The van der Waals surface area contributed by atoms with Crippen molar-refractivity contribution in [2.75, 3.05) is 13.2 Å². The zero-order chi connectivity index (χ0) is 12.7. The Labute approximate surface area is 105 Å². The predicted molar refractivity (Wildman–Crippen MR) is 68.0 cm³/mol. The highest BCUT2D eigenvalue weighted by atomic mass is 16.5. The van der Waals surface area contributed by atoms with Gasteiger partial charge in [-0.2, -0.15) is 0 Å². The largest absolute Gasteiger partial charge is 0.481 e. The van der Waals surface area contributed by atoms with Crippen LogP contribution >= 0.6 is 0 Å². The van der Waals surface area contributed by atoms with Crippen molar-refractivity contribution >= 4 is 5.97 Å². The lowest BCUT2D eigenvalue weighted by Crippen LogP contribution is -2.23. The minimum atomic E-state index is -0.720. The molecule has 1 saturated carbocycles. The third-order valence-corrected chi connectivity index (χ3v) is 3.52. The molecule has 100 valence electrons. The zero-order valence-corrected chi connectivity index (χ0v) is 11.2. The van der Waals surface area contributed by atoms with E-state index < -0.39 is 11.4 Å². The van der Waals surface area contributed by atoms with Crippen molar-refractivity contribution in [3.05, 3.63) is 0 Å². The highest BCUT2D eigenvalue weighted by Gasteiger charge is 2.26. The van der Waals surface area contributed by atoms with E-state index in [9.17, 15) is 4.79 Å². The lowest BCUT2D eigenvalue weighted by molar-refractivity contribution is -0.147. The summed E-state index contributed by atoms with van der Waals surface area (Å²) in [5, 5.41) is 8.93. The van der Waals surface area contributed by atoms with Crippen LogP contribution in [0.5, 0.6) is 0 Å². The van der Waals surface area contributed by atoms with E-state index in [2.05, 4.69) is 0 Å². The summed E-state index contributed by atoms with van der Waals surface area (Å²) in [7, 11) is 0. The van der Waals surface area contributed by atoms with Crippen molar-refractivity contribution in [3.63, 3.8) is 0 Å². The van der Waals surface area contributed by atoms with Gasteiger partial charge in [-0.1, -0.05) is 25.7 Å².